The summed E-state index contributed by atoms with van der Waals surface area (Å²) in [6, 6.07) is 17.7. The second-order valence-corrected chi connectivity index (χ2v) is 7.70. The van der Waals surface area contributed by atoms with Crippen LogP contribution in [-0.4, -0.2) is 40.6 Å². The van der Waals surface area contributed by atoms with Crippen LogP contribution in [0.5, 0.6) is 11.5 Å². The van der Waals surface area contributed by atoms with Crippen LogP contribution in [0, 0.1) is 0 Å². The maximum absolute atomic E-state index is 13.2. The lowest BCUT2D eigenvalue weighted by Gasteiger charge is -2.20. The molecule has 0 saturated heterocycles. The predicted octanol–water partition coefficient (Wildman–Crippen LogP) is 4.28. The second-order valence-electron chi connectivity index (χ2n) is 7.70. The Morgan fingerprint density at radius 1 is 1.10 bits per heavy atom. The summed E-state index contributed by atoms with van der Waals surface area (Å²) >= 11 is 0. The minimum absolute atomic E-state index is 0.0292. The topological polar surface area (TPSA) is 56.6 Å². The molecule has 0 aliphatic carbocycles. The Balaban J connectivity index is 1.43. The summed E-state index contributed by atoms with van der Waals surface area (Å²) in [5.41, 5.74) is 4.52. The Labute approximate surface area is 180 Å². The van der Waals surface area contributed by atoms with E-state index in [9.17, 15) is 4.79 Å². The van der Waals surface area contributed by atoms with E-state index in [0.717, 1.165) is 33.5 Å². The van der Waals surface area contributed by atoms with Crippen molar-refractivity contribution in [1.82, 2.24) is 14.5 Å². The molecular weight excluding hydrogens is 390 g/mol. The molecule has 5 rings (SSSR count). The summed E-state index contributed by atoms with van der Waals surface area (Å²) in [6.45, 7) is 1.48. The normalized spacial score (nSPS) is 13.6. The number of hydrogen-bond acceptors (Lipinski definition) is 4. The summed E-state index contributed by atoms with van der Waals surface area (Å²) in [5, 5.41) is 1.08. The zero-order chi connectivity index (χ0) is 21.4. The molecule has 6 nitrogen and oxygen atoms in total. The Morgan fingerprint density at radius 2 is 2.00 bits per heavy atom. The largest absolute Gasteiger partial charge is 0.497 e. The monoisotopic (exact) mass is 413 g/mol. The third-order valence-electron chi connectivity index (χ3n) is 5.67. The van der Waals surface area contributed by atoms with Crippen LogP contribution in [0.2, 0.25) is 0 Å². The van der Waals surface area contributed by atoms with Crippen molar-refractivity contribution in [3.8, 4) is 22.6 Å². The van der Waals surface area contributed by atoms with Crippen molar-refractivity contribution in [3.05, 3.63) is 78.1 Å². The number of aryl methyl sites for hydroxylation is 1. The van der Waals surface area contributed by atoms with E-state index in [1.54, 1.807) is 7.11 Å². The molecule has 0 atom stereocenters. The number of hydrogen-bond donors (Lipinski definition) is 0. The number of amides is 1. The fraction of sp³-hybridized carbons (Fsp3) is 0.200. The van der Waals surface area contributed by atoms with Gasteiger partial charge >= 0.3 is 0 Å². The maximum atomic E-state index is 13.2. The van der Waals surface area contributed by atoms with Crippen LogP contribution < -0.4 is 9.47 Å². The van der Waals surface area contributed by atoms with Gasteiger partial charge in [-0.15, -0.1) is 0 Å². The molecule has 1 amide bonds. The van der Waals surface area contributed by atoms with E-state index >= 15 is 0 Å². The van der Waals surface area contributed by atoms with E-state index < -0.39 is 0 Å². The average molecular weight is 413 g/mol. The molecule has 1 aliphatic rings. The van der Waals surface area contributed by atoms with E-state index in [2.05, 4.69) is 11.1 Å². The zero-order valence-corrected chi connectivity index (χ0v) is 17.5. The Hall–Kier alpha value is -3.80. The van der Waals surface area contributed by atoms with Gasteiger partial charge in [0.25, 0.3) is 5.91 Å². The van der Waals surface area contributed by atoms with Gasteiger partial charge in [-0.1, -0.05) is 18.2 Å². The van der Waals surface area contributed by atoms with Crippen molar-refractivity contribution in [2.24, 2.45) is 7.05 Å². The van der Waals surface area contributed by atoms with Crippen LogP contribution in [-0.2, 0) is 13.6 Å². The molecule has 0 fully saturated rings. The van der Waals surface area contributed by atoms with Gasteiger partial charge in [0.2, 0.25) is 0 Å². The lowest BCUT2D eigenvalue weighted by atomic mass is 10.0. The van der Waals surface area contributed by atoms with Crippen LogP contribution in [0.4, 0.5) is 0 Å². The summed E-state index contributed by atoms with van der Waals surface area (Å²) in [5.74, 6) is 1.37. The number of pyridine rings is 1. The Kier molecular flexibility index (Phi) is 4.82. The molecule has 0 radical (unpaired) electrons. The van der Waals surface area contributed by atoms with E-state index in [-0.39, 0.29) is 5.91 Å². The third kappa shape index (κ3) is 3.61. The van der Waals surface area contributed by atoms with Crippen LogP contribution in [0.1, 0.15) is 15.9 Å². The SMILES string of the molecule is COc1cccc(CN2CCOc3cc(-c4cnc5c(ccn5C)c4)ccc3C2=O)c1. The van der Waals surface area contributed by atoms with Gasteiger partial charge in [0, 0.05) is 36.9 Å². The van der Waals surface area contributed by atoms with Gasteiger partial charge in [-0.2, -0.15) is 0 Å². The minimum Gasteiger partial charge on any atom is -0.497 e. The number of carbonyl (C=O) groups is 1. The van der Waals surface area contributed by atoms with Gasteiger partial charge in [0.05, 0.1) is 19.2 Å². The minimum atomic E-state index is -0.0292. The van der Waals surface area contributed by atoms with Crippen molar-refractivity contribution < 1.29 is 14.3 Å². The predicted molar refractivity (Wildman–Crippen MR) is 119 cm³/mol. The quantitative estimate of drug-likeness (QED) is 0.501. The Bertz CT molecular complexity index is 1280. The van der Waals surface area contributed by atoms with Gasteiger partial charge in [0.1, 0.15) is 23.8 Å². The van der Waals surface area contributed by atoms with E-state index in [1.807, 2.05) is 77.4 Å². The highest BCUT2D eigenvalue weighted by atomic mass is 16.5. The van der Waals surface area contributed by atoms with Gasteiger partial charge in [-0.3, -0.25) is 4.79 Å². The maximum Gasteiger partial charge on any atom is 0.258 e. The fourth-order valence-corrected chi connectivity index (χ4v) is 3.99. The van der Waals surface area contributed by atoms with Gasteiger partial charge in [-0.25, -0.2) is 4.98 Å². The van der Waals surface area contributed by atoms with Gasteiger partial charge < -0.3 is 18.9 Å². The molecule has 0 bridgehead atoms. The molecule has 2 aromatic heterocycles. The van der Waals surface area contributed by atoms with Crippen LogP contribution in [0.25, 0.3) is 22.2 Å². The molecular formula is C25H23N3O3. The lowest BCUT2D eigenvalue weighted by molar-refractivity contribution is 0.0743. The summed E-state index contributed by atoms with van der Waals surface area (Å²) in [7, 11) is 3.62. The molecule has 156 valence electrons. The number of carbonyl (C=O) groups excluding carboxylic acids is 1. The molecule has 0 N–H and O–H groups in total. The second kappa shape index (κ2) is 7.80. The molecule has 0 spiro atoms. The Morgan fingerprint density at radius 3 is 2.87 bits per heavy atom. The van der Waals surface area contributed by atoms with Crippen molar-refractivity contribution in [2.45, 2.75) is 6.54 Å². The van der Waals surface area contributed by atoms with Crippen LogP contribution >= 0.6 is 0 Å². The molecule has 3 heterocycles. The first kappa shape index (κ1) is 19.2. The van der Waals surface area contributed by atoms with Crippen molar-refractivity contribution in [1.29, 1.82) is 0 Å². The van der Waals surface area contributed by atoms with Gasteiger partial charge in [-0.05, 0) is 47.5 Å². The fourth-order valence-electron chi connectivity index (χ4n) is 3.99. The number of methoxy groups -OCH3 is 1. The molecule has 4 aromatic rings. The van der Waals surface area contributed by atoms with E-state index in [4.69, 9.17) is 9.47 Å². The smallest absolute Gasteiger partial charge is 0.258 e. The number of ether oxygens (including phenoxy) is 2. The van der Waals surface area contributed by atoms with E-state index in [1.165, 1.54) is 0 Å². The van der Waals surface area contributed by atoms with Gasteiger partial charge in [0.15, 0.2) is 0 Å². The molecule has 31 heavy (non-hydrogen) atoms. The van der Waals surface area contributed by atoms with Crippen LogP contribution in [0.15, 0.2) is 67.0 Å². The standard InChI is InChI=1S/C25H23N3O3/c1-27-9-8-19-13-20(15-26-24(19)27)18-6-7-22-23(14-18)31-11-10-28(25(22)29)16-17-4-3-5-21(12-17)30-2/h3-9,12-15H,10-11,16H2,1-2H3. The summed E-state index contributed by atoms with van der Waals surface area (Å²) in [6.07, 6.45) is 3.86. The number of fused-ring (bicyclic) bond motifs is 2. The molecule has 0 saturated carbocycles. The molecule has 6 heteroatoms. The van der Waals surface area contributed by atoms with Crippen molar-refractivity contribution in [3.63, 3.8) is 0 Å². The lowest BCUT2D eigenvalue weighted by Crippen LogP contribution is -2.31. The summed E-state index contributed by atoms with van der Waals surface area (Å²) in [4.78, 5) is 19.6. The first-order chi connectivity index (χ1) is 15.1. The highest BCUT2D eigenvalue weighted by Crippen LogP contribution is 2.31. The number of nitrogens with zero attached hydrogens (tertiary/aromatic N) is 3. The molecule has 2 aromatic carbocycles. The van der Waals surface area contributed by atoms with E-state index in [0.29, 0.717) is 31.0 Å². The van der Waals surface area contributed by atoms with Crippen LogP contribution in [0.3, 0.4) is 0 Å². The molecule has 1 aliphatic heterocycles. The number of rotatable bonds is 4. The van der Waals surface area contributed by atoms with Crippen molar-refractivity contribution in [2.75, 3.05) is 20.3 Å². The first-order valence-electron chi connectivity index (χ1n) is 10.2. The zero-order valence-electron chi connectivity index (χ0n) is 17.5. The first-order valence-corrected chi connectivity index (χ1v) is 10.2. The average Bonchev–Trinajstić information content (AvgIpc) is 3.10. The highest BCUT2D eigenvalue weighted by Gasteiger charge is 2.24. The number of benzene rings is 2. The third-order valence-corrected chi connectivity index (χ3v) is 5.67. The summed E-state index contributed by atoms with van der Waals surface area (Å²) < 4.78 is 13.3. The molecule has 0 unspecified atom stereocenters. The highest BCUT2D eigenvalue weighted by molar-refractivity contribution is 5.98. The number of aromatic nitrogens is 2. The van der Waals surface area contributed by atoms with Crippen molar-refractivity contribution >= 4 is 16.9 Å².